The van der Waals surface area contributed by atoms with Crippen LogP contribution in [-0.4, -0.2) is 49.7 Å². The zero-order valence-corrected chi connectivity index (χ0v) is 17.6. The average molecular weight is 437 g/mol. The fourth-order valence-electron chi connectivity index (χ4n) is 4.52. The molecule has 0 spiro atoms. The standard InChI is InChI=1S/C20H22Cl2N4O3/c1-11(27)25-6-4-12(5-7-25)20-24-23-16-8-14(10-26(16)20)18-13(9-17(28)29)2-3-15(21)19(18)22/h2-3,12,14H,4-10H2,1H3,(H,28,29)/t14-/m1/s1. The molecule has 0 saturated carbocycles. The van der Waals surface area contributed by atoms with E-state index in [0.717, 1.165) is 43.1 Å². The Balaban J connectivity index is 1.58. The summed E-state index contributed by atoms with van der Waals surface area (Å²) in [6.45, 7) is 3.71. The van der Waals surface area contributed by atoms with Gasteiger partial charge in [-0.05, 0) is 30.0 Å². The largest absolute Gasteiger partial charge is 0.481 e. The fourth-order valence-corrected chi connectivity index (χ4v) is 5.02. The molecule has 1 aromatic heterocycles. The molecule has 4 rings (SSSR count). The van der Waals surface area contributed by atoms with Crippen molar-refractivity contribution in [1.29, 1.82) is 0 Å². The normalized spacial score (nSPS) is 19.4. The Morgan fingerprint density at radius 2 is 1.90 bits per heavy atom. The number of rotatable bonds is 4. The van der Waals surface area contributed by atoms with Crippen LogP contribution < -0.4 is 0 Å². The Labute approximate surface area is 178 Å². The second-order valence-electron chi connectivity index (χ2n) is 7.77. The van der Waals surface area contributed by atoms with Crippen molar-refractivity contribution in [2.24, 2.45) is 0 Å². The summed E-state index contributed by atoms with van der Waals surface area (Å²) in [4.78, 5) is 24.7. The maximum Gasteiger partial charge on any atom is 0.307 e. The van der Waals surface area contributed by atoms with E-state index in [4.69, 9.17) is 23.2 Å². The number of carboxylic acids is 1. The van der Waals surface area contributed by atoms with Crippen molar-refractivity contribution in [2.75, 3.05) is 13.1 Å². The lowest BCUT2D eigenvalue weighted by molar-refractivity contribution is -0.136. The highest BCUT2D eigenvalue weighted by atomic mass is 35.5. The van der Waals surface area contributed by atoms with Crippen LogP contribution in [0.15, 0.2) is 12.1 Å². The molecule has 1 saturated heterocycles. The van der Waals surface area contributed by atoms with E-state index in [2.05, 4.69) is 14.8 Å². The molecule has 0 aliphatic carbocycles. The van der Waals surface area contributed by atoms with Gasteiger partial charge >= 0.3 is 5.97 Å². The van der Waals surface area contributed by atoms with Gasteiger partial charge in [-0.15, -0.1) is 10.2 Å². The Morgan fingerprint density at radius 3 is 2.55 bits per heavy atom. The Kier molecular flexibility index (Phi) is 5.53. The second-order valence-corrected chi connectivity index (χ2v) is 8.56. The van der Waals surface area contributed by atoms with Gasteiger partial charge in [-0.3, -0.25) is 9.59 Å². The lowest BCUT2D eigenvalue weighted by Gasteiger charge is -2.30. The second kappa shape index (κ2) is 7.95. The zero-order chi connectivity index (χ0) is 20.7. The van der Waals surface area contributed by atoms with Gasteiger partial charge in [-0.2, -0.15) is 0 Å². The molecule has 154 valence electrons. The van der Waals surface area contributed by atoms with Crippen LogP contribution in [-0.2, 0) is 29.0 Å². The molecule has 7 nitrogen and oxygen atoms in total. The molecule has 1 atom stereocenters. The molecule has 2 aliphatic rings. The molecule has 29 heavy (non-hydrogen) atoms. The van der Waals surface area contributed by atoms with E-state index in [-0.39, 0.29) is 24.2 Å². The Morgan fingerprint density at radius 1 is 1.17 bits per heavy atom. The van der Waals surface area contributed by atoms with Crippen LogP contribution in [0.1, 0.15) is 54.4 Å². The van der Waals surface area contributed by atoms with E-state index < -0.39 is 5.97 Å². The summed E-state index contributed by atoms with van der Waals surface area (Å²) in [6, 6.07) is 3.39. The first kappa shape index (κ1) is 20.2. The number of aliphatic carboxylic acids is 1. The third kappa shape index (κ3) is 3.85. The maximum absolute atomic E-state index is 11.6. The first-order chi connectivity index (χ1) is 13.8. The number of amides is 1. The number of likely N-dealkylation sites (tertiary alicyclic amines) is 1. The van der Waals surface area contributed by atoms with Gasteiger partial charge in [0.1, 0.15) is 11.6 Å². The van der Waals surface area contributed by atoms with Crippen molar-refractivity contribution in [3.05, 3.63) is 45.0 Å². The molecule has 1 fully saturated rings. The maximum atomic E-state index is 11.6. The number of piperidine rings is 1. The number of hydrogen-bond acceptors (Lipinski definition) is 4. The molecule has 9 heteroatoms. The lowest BCUT2D eigenvalue weighted by Crippen LogP contribution is -2.36. The molecule has 3 heterocycles. The van der Waals surface area contributed by atoms with Crippen molar-refractivity contribution in [3.8, 4) is 0 Å². The fraction of sp³-hybridized carbons (Fsp3) is 0.500. The van der Waals surface area contributed by atoms with E-state index >= 15 is 0 Å². The number of carboxylic acid groups (broad SMARTS) is 1. The van der Waals surface area contributed by atoms with Gasteiger partial charge in [0, 0.05) is 44.8 Å². The zero-order valence-electron chi connectivity index (χ0n) is 16.1. The molecule has 0 unspecified atom stereocenters. The molecule has 1 N–H and O–H groups in total. The number of aromatic nitrogens is 3. The van der Waals surface area contributed by atoms with Crippen LogP contribution in [0.4, 0.5) is 0 Å². The number of nitrogens with zero attached hydrogens (tertiary/aromatic N) is 4. The molecular formula is C20H22Cl2N4O3. The topological polar surface area (TPSA) is 88.3 Å². The minimum absolute atomic E-state index is 0.0112. The summed E-state index contributed by atoms with van der Waals surface area (Å²) >= 11 is 12.7. The van der Waals surface area contributed by atoms with Crippen LogP contribution >= 0.6 is 23.2 Å². The Bertz CT molecular complexity index is 967. The average Bonchev–Trinajstić information content (AvgIpc) is 3.25. The number of benzene rings is 1. The monoisotopic (exact) mass is 436 g/mol. The third-order valence-corrected chi connectivity index (χ3v) is 6.79. The van der Waals surface area contributed by atoms with Gasteiger partial charge in [0.2, 0.25) is 5.91 Å². The van der Waals surface area contributed by atoms with Crippen LogP contribution in [0.2, 0.25) is 10.0 Å². The summed E-state index contributed by atoms with van der Waals surface area (Å²) < 4.78 is 2.14. The summed E-state index contributed by atoms with van der Waals surface area (Å²) in [5, 5.41) is 18.9. The summed E-state index contributed by atoms with van der Waals surface area (Å²) in [5.74, 6) is 1.31. The van der Waals surface area contributed by atoms with Gasteiger partial charge in [0.05, 0.1) is 16.5 Å². The van der Waals surface area contributed by atoms with E-state index in [1.54, 1.807) is 19.1 Å². The number of carbonyl (C=O) groups excluding carboxylic acids is 1. The molecule has 1 aromatic carbocycles. The van der Waals surface area contributed by atoms with Crippen molar-refractivity contribution >= 4 is 35.1 Å². The van der Waals surface area contributed by atoms with Gasteiger partial charge in [0.25, 0.3) is 0 Å². The van der Waals surface area contributed by atoms with Crippen molar-refractivity contribution < 1.29 is 14.7 Å². The Hall–Kier alpha value is -2.12. The predicted octanol–water partition coefficient (Wildman–Crippen LogP) is 3.28. The molecule has 1 amide bonds. The molecule has 2 aliphatic heterocycles. The quantitative estimate of drug-likeness (QED) is 0.793. The van der Waals surface area contributed by atoms with Gasteiger partial charge < -0.3 is 14.6 Å². The smallest absolute Gasteiger partial charge is 0.307 e. The van der Waals surface area contributed by atoms with Crippen LogP contribution in [0, 0.1) is 0 Å². The number of halogens is 2. The SMILES string of the molecule is CC(=O)N1CCC(c2nnc3n2C[C@H](c2c(CC(=O)O)ccc(Cl)c2Cl)C3)CC1. The van der Waals surface area contributed by atoms with Crippen LogP contribution in [0.3, 0.4) is 0 Å². The van der Waals surface area contributed by atoms with Crippen molar-refractivity contribution in [3.63, 3.8) is 0 Å². The third-order valence-electron chi connectivity index (χ3n) is 5.97. The number of fused-ring (bicyclic) bond motifs is 1. The van der Waals surface area contributed by atoms with E-state index in [1.165, 1.54) is 0 Å². The van der Waals surface area contributed by atoms with E-state index in [1.807, 2.05) is 4.90 Å². The summed E-state index contributed by atoms with van der Waals surface area (Å²) in [7, 11) is 0. The summed E-state index contributed by atoms with van der Waals surface area (Å²) in [6.07, 6.45) is 2.28. The predicted molar refractivity (Wildman–Crippen MR) is 108 cm³/mol. The first-order valence-corrected chi connectivity index (χ1v) is 10.5. The van der Waals surface area contributed by atoms with Gasteiger partial charge in [-0.1, -0.05) is 29.3 Å². The van der Waals surface area contributed by atoms with Crippen molar-refractivity contribution in [2.45, 2.75) is 51.0 Å². The highest BCUT2D eigenvalue weighted by Gasteiger charge is 2.34. The van der Waals surface area contributed by atoms with Crippen LogP contribution in [0.5, 0.6) is 0 Å². The van der Waals surface area contributed by atoms with Crippen LogP contribution in [0.25, 0.3) is 0 Å². The van der Waals surface area contributed by atoms with Gasteiger partial charge in [-0.25, -0.2) is 0 Å². The molecule has 2 aromatic rings. The molecule has 0 bridgehead atoms. The van der Waals surface area contributed by atoms with Gasteiger partial charge in [0.15, 0.2) is 0 Å². The van der Waals surface area contributed by atoms with E-state index in [9.17, 15) is 14.7 Å². The first-order valence-electron chi connectivity index (χ1n) is 9.71. The highest BCUT2D eigenvalue weighted by Crippen LogP contribution is 2.40. The van der Waals surface area contributed by atoms with E-state index in [0.29, 0.717) is 28.6 Å². The molecule has 0 radical (unpaired) electrons. The lowest BCUT2D eigenvalue weighted by atomic mass is 9.91. The minimum atomic E-state index is -0.903. The minimum Gasteiger partial charge on any atom is -0.481 e. The summed E-state index contributed by atoms with van der Waals surface area (Å²) in [5.41, 5.74) is 1.48. The van der Waals surface area contributed by atoms with Crippen molar-refractivity contribution in [1.82, 2.24) is 19.7 Å². The molecular weight excluding hydrogens is 415 g/mol. The number of hydrogen-bond donors (Lipinski definition) is 1. The highest BCUT2D eigenvalue weighted by molar-refractivity contribution is 6.42. The number of carbonyl (C=O) groups is 2.